The second kappa shape index (κ2) is 8.63. The molecule has 0 aliphatic carbocycles. The average Bonchev–Trinajstić information content (AvgIpc) is 2.60. The summed E-state index contributed by atoms with van der Waals surface area (Å²) >= 11 is 0. The molecule has 0 aliphatic heterocycles. The molecular weight excluding hydrogens is 375 g/mol. The van der Waals surface area contributed by atoms with Crippen LogP contribution in [0.4, 0.5) is 15.8 Å². The highest BCUT2D eigenvalue weighted by atomic mass is 32.2. The molecule has 27 heavy (non-hydrogen) atoms. The zero-order valence-electron chi connectivity index (χ0n) is 14.7. The van der Waals surface area contributed by atoms with Gasteiger partial charge in [-0.2, -0.15) is 0 Å². The van der Waals surface area contributed by atoms with Crippen LogP contribution in [0.2, 0.25) is 0 Å². The first kappa shape index (κ1) is 20.4. The molecule has 0 bridgehead atoms. The second-order valence-electron chi connectivity index (χ2n) is 5.85. The number of amides is 1. The maximum Gasteiger partial charge on any atom is 0.337 e. The van der Waals surface area contributed by atoms with Gasteiger partial charge < -0.3 is 10.1 Å². The van der Waals surface area contributed by atoms with Gasteiger partial charge in [-0.1, -0.05) is 13.0 Å². The Kier molecular flexibility index (Phi) is 6.51. The Bertz CT molecular complexity index is 929. The zero-order chi connectivity index (χ0) is 20.0. The van der Waals surface area contributed by atoms with E-state index in [0.29, 0.717) is 11.3 Å². The lowest BCUT2D eigenvalue weighted by atomic mass is 10.1. The van der Waals surface area contributed by atoms with Crippen molar-refractivity contribution in [1.29, 1.82) is 0 Å². The molecule has 0 spiro atoms. The maximum atomic E-state index is 13.1. The molecule has 2 N–H and O–H groups in total. The minimum atomic E-state index is -3.85. The minimum absolute atomic E-state index is 0.0843. The zero-order valence-corrected chi connectivity index (χ0v) is 15.5. The molecule has 9 heteroatoms. The van der Waals surface area contributed by atoms with E-state index >= 15 is 0 Å². The van der Waals surface area contributed by atoms with Gasteiger partial charge in [-0.15, -0.1) is 0 Å². The molecule has 1 unspecified atom stereocenters. The Balaban J connectivity index is 1.97. The van der Waals surface area contributed by atoms with Crippen molar-refractivity contribution in [2.45, 2.75) is 6.92 Å². The number of carbonyl (C=O) groups excluding carboxylic acids is 2. The quantitative estimate of drug-likeness (QED) is 0.703. The highest BCUT2D eigenvalue weighted by Crippen LogP contribution is 2.15. The van der Waals surface area contributed by atoms with E-state index in [1.807, 2.05) is 0 Å². The number of halogens is 1. The van der Waals surface area contributed by atoms with E-state index in [-0.39, 0.29) is 5.69 Å². The van der Waals surface area contributed by atoms with Crippen LogP contribution >= 0.6 is 0 Å². The van der Waals surface area contributed by atoms with Crippen molar-refractivity contribution >= 4 is 33.3 Å². The Hall–Kier alpha value is -2.94. The Morgan fingerprint density at radius 1 is 1.11 bits per heavy atom. The number of esters is 1. The highest BCUT2D eigenvalue weighted by Gasteiger charge is 2.22. The smallest absolute Gasteiger partial charge is 0.337 e. The third-order valence-corrected chi connectivity index (χ3v) is 5.07. The van der Waals surface area contributed by atoms with Crippen molar-refractivity contribution in [1.82, 2.24) is 0 Å². The molecule has 0 saturated heterocycles. The third-order valence-electron chi connectivity index (χ3n) is 3.59. The predicted octanol–water partition coefficient (Wildman–Crippen LogP) is 2.63. The molecule has 0 heterocycles. The maximum absolute atomic E-state index is 13.1. The van der Waals surface area contributed by atoms with Gasteiger partial charge in [0, 0.05) is 5.69 Å². The summed E-state index contributed by atoms with van der Waals surface area (Å²) in [6, 6.07) is 11.0. The van der Waals surface area contributed by atoms with Gasteiger partial charge in [0.05, 0.1) is 30.0 Å². The summed E-state index contributed by atoms with van der Waals surface area (Å²) in [6.45, 7) is 1.46. The van der Waals surface area contributed by atoms with Crippen LogP contribution in [0.25, 0.3) is 0 Å². The fourth-order valence-corrected chi connectivity index (χ4v) is 3.63. The Morgan fingerprint density at radius 2 is 1.78 bits per heavy atom. The predicted molar refractivity (Wildman–Crippen MR) is 99.4 cm³/mol. The van der Waals surface area contributed by atoms with E-state index in [9.17, 15) is 22.4 Å². The first-order chi connectivity index (χ1) is 12.7. The fraction of sp³-hybridized carbons (Fsp3) is 0.222. The molecule has 2 aromatic carbocycles. The van der Waals surface area contributed by atoms with Crippen molar-refractivity contribution in [3.63, 3.8) is 0 Å². The molecule has 2 aromatic rings. The number of sulfonamides is 1. The molecule has 0 aromatic heterocycles. The monoisotopic (exact) mass is 394 g/mol. The number of anilines is 2. The highest BCUT2D eigenvalue weighted by molar-refractivity contribution is 7.92. The van der Waals surface area contributed by atoms with E-state index < -0.39 is 39.4 Å². The molecule has 1 atom stereocenters. The van der Waals surface area contributed by atoms with E-state index in [1.54, 1.807) is 0 Å². The summed E-state index contributed by atoms with van der Waals surface area (Å²) in [5.74, 6) is -2.93. The van der Waals surface area contributed by atoms with Crippen molar-refractivity contribution in [3.8, 4) is 0 Å². The molecule has 0 radical (unpaired) electrons. The molecular formula is C18H19FN2O5S. The number of nitrogens with one attached hydrogen (secondary N) is 2. The number of carbonyl (C=O) groups is 2. The number of rotatable bonds is 7. The second-order valence-corrected chi connectivity index (χ2v) is 7.62. The first-order valence-electron chi connectivity index (χ1n) is 7.95. The van der Waals surface area contributed by atoms with Crippen LogP contribution < -0.4 is 10.0 Å². The van der Waals surface area contributed by atoms with E-state index in [2.05, 4.69) is 14.8 Å². The van der Waals surface area contributed by atoms with Crippen LogP contribution in [0.1, 0.15) is 17.3 Å². The summed E-state index contributed by atoms with van der Waals surface area (Å²) in [7, 11) is -2.59. The molecule has 0 aliphatic rings. The van der Waals surface area contributed by atoms with Gasteiger partial charge in [0.1, 0.15) is 5.82 Å². The largest absolute Gasteiger partial charge is 0.465 e. The van der Waals surface area contributed by atoms with Gasteiger partial charge in [-0.05, 0) is 42.5 Å². The van der Waals surface area contributed by atoms with Crippen molar-refractivity contribution in [2.24, 2.45) is 5.92 Å². The number of benzene rings is 2. The van der Waals surface area contributed by atoms with E-state index in [0.717, 1.165) is 6.07 Å². The summed E-state index contributed by atoms with van der Waals surface area (Å²) in [5, 5.41) is 2.58. The summed E-state index contributed by atoms with van der Waals surface area (Å²) in [5.41, 5.74) is 0.821. The topological polar surface area (TPSA) is 102 Å². The van der Waals surface area contributed by atoms with Crippen LogP contribution in [-0.4, -0.2) is 33.2 Å². The van der Waals surface area contributed by atoms with Crippen LogP contribution in [0.5, 0.6) is 0 Å². The van der Waals surface area contributed by atoms with Crippen LogP contribution in [0.15, 0.2) is 48.5 Å². The summed E-state index contributed by atoms with van der Waals surface area (Å²) < 4.78 is 44.3. The standard InChI is InChI=1S/C18H19FN2O5S/c1-12(11-27(24,25)21-16-5-3-4-14(19)10-16)17(22)20-15-8-6-13(7-9-15)18(23)26-2/h3-10,12,21H,11H2,1-2H3,(H,20,22). The van der Waals surface area contributed by atoms with Crippen LogP contribution in [-0.2, 0) is 19.6 Å². The lowest BCUT2D eigenvalue weighted by Gasteiger charge is -2.14. The fourth-order valence-electron chi connectivity index (χ4n) is 2.25. The summed E-state index contributed by atoms with van der Waals surface area (Å²) in [6.07, 6.45) is 0. The number of ether oxygens (including phenoxy) is 1. The lowest BCUT2D eigenvalue weighted by molar-refractivity contribution is -0.118. The van der Waals surface area contributed by atoms with Crippen LogP contribution in [0.3, 0.4) is 0 Å². The molecule has 144 valence electrons. The van der Waals surface area contributed by atoms with Crippen molar-refractivity contribution in [3.05, 3.63) is 59.9 Å². The van der Waals surface area contributed by atoms with Gasteiger partial charge >= 0.3 is 5.97 Å². The normalized spacial score (nSPS) is 12.1. The molecule has 0 saturated carbocycles. The van der Waals surface area contributed by atoms with Gasteiger partial charge in [0.2, 0.25) is 15.9 Å². The van der Waals surface area contributed by atoms with E-state index in [1.165, 1.54) is 56.5 Å². The number of hydrogen-bond acceptors (Lipinski definition) is 5. The van der Waals surface area contributed by atoms with Crippen molar-refractivity contribution < 1.29 is 27.1 Å². The lowest BCUT2D eigenvalue weighted by Crippen LogP contribution is -2.29. The molecule has 0 fully saturated rings. The molecule has 2 rings (SSSR count). The minimum Gasteiger partial charge on any atom is -0.465 e. The van der Waals surface area contributed by atoms with Crippen molar-refractivity contribution in [2.75, 3.05) is 22.9 Å². The molecule has 7 nitrogen and oxygen atoms in total. The number of methoxy groups -OCH3 is 1. The summed E-state index contributed by atoms with van der Waals surface area (Å²) in [4.78, 5) is 23.6. The van der Waals surface area contributed by atoms with Gasteiger partial charge in [-0.25, -0.2) is 17.6 Å². The Labute approximate surface area is 156 Å². The van der Waals surface area contributed by atoms with E-state index in [4.69, 9.17) is 0 Å². The Morgan fingerprint density at radius 3 is 2.37 bits per heavy atom. The third kappa shape index (κ3) is 6.07. The SMILES string of the molecule is COC(=O)c1ccc(NC(=O)C(C)CS(=O)(=O)Nc2cccc(F)c2)cc1. The van der Waals surface area contributed by atoms with Crippen LogP contribution in [0, 0.1) is 11.7 Å². The van der Waals surface area contributed by atoms with Gasteiger partial charge in [0.15, 0.2) is 0 Å². The average molecular weight is 394 g/mol. The molecule has 1 amide bonds. The van der Waals surface area contributed by atoms with Gasteiger partial charge in [-0.3, -0.25) is 9.52 Å². The number of hydrogen-bond donors (Lipinski definition) is 2. The first-order valence-corrected chi connectivity index (χ1v) is 9.61. The van der Waals surface area contributed by atoms with Gasteiger partial charge in [0.25, 0.3) is 0 Å².